The molecule has 2 aromatic heterocycles. The van der Waals surface area contributed by atoms with E-state index < -0.39 is 0 Å². The maximum Gasteiger partial charge on any atom is 0.141 e. The Hall–Kier alpha value is -1.48. The van der Waals surface area contributed by atoms with E-state index in [2.05, 4.69) is 56.0 Å². The maximum atomic E-state index is 4.70. The predicted octanol–water partition coefficient (Wildman–Crippen LogP) is 4.57. The summed E-state index contributed by atoms with van der Waals surface area (Å²) in [6, 6.07) is 8.55. The molecule has 0 aliphatic heterocycles. The van der Waals surface area contributed by atoms with Gasteiger partial charge in [0.25, 0.3) is 0 Å². The average Bonchev–Trinajstić information content (AvgIpc) is 2.72. The van der Waals surface area contributed by atoms with Crippen LogP contribution in [0.25, 0.3) is 21.9 Å². The third-order valence-corrected chi connectivity index (χ3v) is 4.57. The number of benzene rings is 1. The zero-order valence-electron chi connectivity index (χ0n) is 11.8. The van der Waals surface area contributed by atoms with Crippen molar-refractivity contribution in [3.05, 3.63) is 36.0 Å². The summed E-state index contributed by atoms with van der Waals surface area (Å²) in [5.41, 5.74) is 3.67. The Kier molecular flexibility index (Phi) is 3.02. The standard InChI is InChI=1S/C16H18N2S/c1-10(2)12-9-17-16-14(15(12)19-4)11-7-5-6-8-13(11)18(16)3/h5-10H,1-4H3. The zero-order valence-corrected chi connectivity index (χ0v) is 12.6. The van der Waals surface area contributed by atoms with Crippen LogP contribution in [-0.2, 0) is 7.05 Å². The van der Waals surface area contributed by atoms with Crippen molar-refractivity contribution < 1.29 is 0 Å². The first kappa shape index (κ1) is 12.5. The van der Waals surface area contributed by atoms with E-state index in [1.54, 1.807) is 0 Å². The van der Waals surface area contributed by atoms with Crippen LogP contribution in [0, 0.1) is 0 Å². The molecule has 2 nitrogen and oxygen atoms in total. The van der Waals surface area contributed by atoms with Crippen molar-refractivity contribution in [1.82, 2.24) is 9.55 Å². The number of fused-ring (bicyclic) bond motifs is 3. The molecule has 3 aromatic rings. The van der Waals surface area contributed by atoms with Gasteiger partial charge in [0.05, 0.1) is 5.52 Å². The van der Waals surface area contributed by atoms with Gasteiger partial charge in [-0.3, -0.25) is 0 Å². The lowest BCUT2D eigenvalue weighted by atomic mass is 10.0. The van der Waals surface area contributed by atoms with Gasteiger partial charge >= 0.3 is 0 Å². The van der Waals surface area contributed by atoms with Crippen LogP contribution in [0.4, 0.5) is 0 Å². The number of rotatable bonds is 2. The first-order valence-electron chi connectivity index (χ1n) is 6.55. The van der Waals surface area contributed by atoms with Gasteiger partial charge in [-0.15, -0.1) is 11.8 Å². The second-order valence-corrected chi connectivity index (χ2v) is 5.99. The first-order chi connectivity index (χ1) is 9.15. The van der Waals surface area contributed by atoms with Crippen LogP contribution >= 0.6 is 11.8 Å². The fourth-order valence-electron chi connectivity index (χ4n) is 2.72. The minimum Gasteiger partial charge on any atom is -0.328 e. The van der Waals surface area contributed by atoms with Gasteiger partial charge in [-0.05, 0) is 23.8 Å². The summed E-state index contributed by atoms with van der Waals surface area (Å²) in [6.07, 6.45) is 4.19. The molecule has 2 heterocycles. The van der Waals surface area contributed by atoms with Gasteiger partial charge in [-0.25, -0.2) is 4.98 Å². The first-order valence-corrected chi connectivity index (χ1v) is 7.77. The molecule has 19 heavy (non-hydrogen) atoms. The molecule has 0 atom stereocenters. The van der Waals surface area contributed by atoms with Gasteiger partial charge < -0.3 is 4.57 Å². The lowest BCUT2D eigenvalue weighted by molar-refractivity contribution is 0.837. The summed E-state index contributed by atoms with van der Waals surface area (Å²) >= 11 is 1.83. The fourth-order valence-corrected chi connectivity index (χ4v) is 3.65. The molecule has 3 rings (SSSR count). The Morgan fingerprint density at radius 2 is 1.95 bits per heavy atom. The summed E-state index contributed by atoms with van der Waals surface area (Å²) in [4.78, 5) is 6.07. The number of thioether (sulfide) groups is 1. The molecule has 0 saturated carbocycles. The molecule has 1 aromatic carbocycles. The highest BCUT2D eigenvalue weighted by Crippen LogP contribution is 2.38. The van der Waals surface area contributed by atoms with E-state index in [0.717, 1.165) is 5.65 Å². The molecule has 3 heteroatoms. The molecular formula is C16H18N2S. The molecular weight excluding hydrogens is 252 g/mol. The smallest absolute Gasteiger partial charge is 0.141 e. The van der Waals surface area contributed by atoms with Crippen molar-refractivity contribution in [3.8, 4) is 0 Å². The van der Waals surface area contributed by atoms with Gasteiger partial charge in [0.1, 0.15) is 5.65 Å². The van der Waals surface area contributed by atoms with Crippen molar-refractivity contribution in [2.45, 2.75) is 24.7 Å². The van der Waals surface area contributed by atoms with Gasteiger partial charge in [-0.1, -0.05) is 32.0 Å². The highest BCUT2D eigenvalue weighted by Gasteiger charge is 2.16. The van der Waals surface area contributed by atoms with Crippen molar-refractivity contribution in [2.75, 3.05) is 6.26 Å². The molecule has 0 fully saturated rings. The second kappa shape index (κ2) is 4.57. The molecule has 0 bridgehead atoms. The summed E-state index contributed by atoms with van der Waals surface area (Å²) in [6.45, 7) is 4.46. The number of para-hydroxylation sites is 1. The number of aryl methyl sites for hydroxylation is 1. The third kappa shape index (κ3) is 1.76. The number of pyridine rings is 1. The topological polar surface area (TPSA) is 17.8 Å². The van der Waals surface area contributed by atoms with Crippen LogP contribution < -0.4 is 0 Å². The molecule has 0 unspecified atom stereocenters. The predicted molar refractivity (Wildman–Crippen MR) is 84.1 cm³/mol. The lowest BCUT2D eigenvalue weighted by Gasteiger charge is -2.11. The molecule has 0 amide bonds. The Balaban J connectivity index is 2.54. The van der Waals surface area contributed by atoms with Crippen molar-refractivity contribution in [1.29, 1.82) is 0 Å². The normalized spacial score (nSPS) is 11.8. The highest BCUT2D eigenvalue weighted by atomic mass is 32.2. The monoisotopic (exact) mass is 270 g/mol. The molecule has 0 aliphatic carbocycles. The Bertz CT molecular complexity index is 756. The van der Waals surface area contributed by atoms with E-state index in [9.17, 15) is 0 Å². The van der Waals surface area contributed by atoms with E-state index in [1.807, 2.05) is 18.0 Å². The van der Waals surface area contributed by atoms with Crippen LogP contribution in [-0.4, -0.2) is 15.8 Å². The summed E-state index contributed by atoms with van der Waals surface area (Å²) in [5, 5.41) is 2.61. The second-order valence-electron chi connectivity index (χ2n) is 5.18. The van der Waals surface area contributed by atoms with Crippen LogP contribution in [0.3, 0.4) is 0 Å². The van der Waals surface area contributed by atoms with Crippen LogP contribution in [0.2, 0.25) is 0 Å². The number of hydrogen-bond acceptors (Lipinski definition) is 2. The van der Waals surface area contributed by atoms with Crippen molar-refractivity contribution in [2.24, 2.45) is 7.05 Å². The maximum absolute atomic E-state index is 4.70. The van der Waals surface area contributed by atoms with Crippen LogP contribution in [0.15, 0.2) is 35.4 Å². The Morgan fingerprint density at radius 1 is 1.21 bits per heavy atom. The van der Waals surface area contributed by atoms with Gasteiger partial charge in [0.2, 0.25) is 0 Å². The van der Waals surface area contributed by atoms with Crippen LogP contribution in [0.5, 0.6) is 0 Å². The SMILES string of the molecule is CSc1c(C(C)C)cnc2c1c1ccccc1n2C. The third-order valence-electron chi connectivity index (χ3n) is 3.72. The van der Waals surface area contributed by atoms with Crippen molar-refractivity contribution in [3.63, 3.8) is 0 Å². The summed E-state index contributed by atoms with van der Waals surface area (Å²) in [5.74, 6) is 0.498. The molecule has 0 spiro atoms. The lowest BCUT2D eigenvalue weighted by Crippen LogP contribution is -1.95. The summed E-state index contributed by atoms with van der Waals surface area (Å²) < 4.78 is 2.19. The number of aromatic nitrogens is 2. The largest absolute Gasteiger partial charge is 0.328 e. The zero-order chi connectivity index (χ0) is 13.6. The van der Waals surface area contributed by atoms with Crippen LogP contribution in [0.1, 0.15) is 25.3 Å². The van der Waals surface area contributed by atoms with E-state index >= 15 is 0 Å². The fraction of sp³-hybridized carbons (Fsp3) is 0.312. The quantitative estimate of drug-likeness (QED) is 0.635. The van der Waals surface area contributed by atoms with Gasteiger partial charge in [0.15, 0.2) is 0 Å². The van der Waals surface area contributed by atoms with Gasteiger partial charge in [0, 0.05) is 28.9 Å². The number of hydrogen-bond donors (Lipinski definition) is 0. The molecule has 0 aliphatic rings. The average molecular weight is 270 g/mol. The Morgan fingerprint density at radius 3 is 2.63 bits per heavy atom. The molecule has 0 N–H and O–H groups in total. The summed E-state index contributed by atoms with van der Waals surface area (Å²) in [7, 11) is 2.09. The van der Waals surface area contributed by atoms with E-state index in [4.69, 9.17) is 4.98 Å². The van der Waals surface area contributed by atoms with Crippen molar-refractivity contribution >= 4 is 33.7 Å². The molecule has 0 radical (unpaired) electrons. The van der Waals surface area contributed by atoms with E-state index in [0.29, 0.717) is 5.92 Å². The Labute approximate surface area is 117 Å². The number of nitrogens with zero attached hydrogens (tertiary/aromatic N) is 2. The van der Waals surface area contributed by atoms with Gasteiger partial charge in [-0.2, -0.15) is 0 Å². The van der Waals surface area contributed by atoms with E-state index in [1.165, 1.54) is 26.7 Å². The molecule has 98 valence electrons. The van der Waals surface area contributed by atoms with E-state index in [-0.39, 0.29) is 0 Å². The minimum absolute atomic E-state index is 0.498. The highest BCUT2D eigenvalue weighted by molar-refractivity contribution is 7.98. The molecule has 0 saturated heterocycles. The minimum atomic E-state index is 0.498.